The van der Waals surface area contributed by atoms with E-state index in [1.54, 1.807) is 7.05 Å². The van der Waals surface area contributed by atoms with Crippen molar-refractivity contribution in [3.8, 4) is 0 Å². The first-order valence-corrected chi connectivity index (χ1v) is 6.18. The van der Waals surface area contributed by atoms with Crippen LogP contribution in [0.25, 0.3) is 0 Å². The predicted octanol–water partition coefficient (Wildman–Crippen LogP) is 1.31. The number of guanidine groups is 1. The first-order valence-electron chi connectivity index (χ1n) is 4.78. The Hall–Kier alpha value is -0.380. The number of nitrogens with zero attached hydrogens (tertiary/aromatic N) is 1. The maximum atomic E-state index is 4.12. The van der Waals surface area contributed by atoms with Crippen molar-refractivity contribution in [2.24, 2.45) is 4.99 Å². The summed E-state index contributed by atoms with van der Waals surface area (Å²) in [6.45, 7) is 4.17. The molecule has 0 spiro atoms. The molecule has 0 radical (unpaired) electrons. The molecule has 78 valence electrons. The average Bonchev–Trinajstić information content (AvgIpc) is 2.16. The normalized spacial score (nSPS) is 11.5. The lowest BCUT2D eigenvalue weighted by molar-refractivity contribution is 0.734. The van der Waals surface area contributed by atoms with Crippen LogP contribution in [-0.2, 0) is 0 Å². The number of nitrogens with one attached hydrogen (secondary N) is 2. The number of aliphatic imine (C=N–C) groups is 1. The molecule has 13 heavy (non-hydrogen) atoms. The molecule has 0 aromatic heterocycles. The van der Waals surface area contributed by atoms with Crippen LogP contribution in [0.15, 0.2) is 4.99 Å². The lowest BCUT2D eigenvalue weighted by atomic mass is 10.3. The van der Waals surface area contributed by atoms with Gasteiger partial charge >= 0.3 is 0 Å². The van der Waals surface area contributed by atoms with Gasteiger partial charge in [0.15, 0.2) is 5.96 Å². The molecular weight excluding hydrogens is 182 g/mol. The monoisotopic (exact) mass is 203 g/mol. The molecule has 3 nitrogen and oxygen atoms in total. The summed E-state index contributed by atoms with van der Waals surface area (Å²) in [4.78, 5) is 4.12. The minimum atomic E-state index is 0.919. The lowest BCUT2D eigenvalue weighted by Gasteiger charge is -2.10. The van der Waals surface area contributed by atoms with Crippen LogP contribution >= 0.6 is 11.8 Å². The van der Waals surface area contributed by atoms with E-state index in [9.17, 15) is 0 Å². The van der Waals surface area contributed by atoms with Gasteiger partial charge in [0.05, 0.1) is 0 Å². The highest BCUT2D eigenvalue weighted by Gasteiger charge is 1.93. The Kier molecular flexibility index (Phi) is 9.42. The predicted molar refractivity (Wildman–Crippen MR) is 62.7 cm³/mol. The molecule has 4 heteroatoms. The van der Waals surface area contributed by atoms with Crippen molar-refractivity contribution in [3.63, 3.8) is 0 Å². The summed E-state index contributed by atoms with van der Waals surface area (Å²) in [5, 5.41) is 6.51. The number of thioether (sulfide) groups is 1. The number of hydrogen-bond donors (Lipinski definition) is 2. The summed E-state index contributed by atoms with van der Waals surface area (Å²) in [5.74, 6) is 2.04. The van der Waals surface area contributed by atoms with Crippen LogP contribution in [0.4, 0.5) is 0 Å². The molecule has 0 atom stereocenters. The van der Waals surface area contributed by atoms with E-state index < -0.39 is 0 Å². The van der Waals surface area contributed by atoms with Gasteiger partial charge in [-0.25, -0.2) is 0 Å². The van der Waals surface area contributed by atoms with Gasteiger partial charge in [-0.3, -0.25) is 4.99 Å². The Balaban J connectivity index is 3.41. The zero-order valence-corrected chi connectivity index (χ0v) is 9.71. The summed E-state index contributed by atoms with van der Waals surface area (Å²) < 4.78 is 0. The van der Waals surface area contributed by atoms with Gasteiger partial charge < -0.3 is 10.6 Å². The van der Waals surface area contributed by atoms with Crippen LogP contribution in [0.2, 0.25) is 0 Å². The van der Waals surface area contributed by atoms with Crippen molar-refractivity contribution in [2.45, 2.75) is 19.8 Å². The largest absolute Gasteiger partial charge is 0.356 e. The molecule has 0 amide bonds. The summed E-state index contributed by atoms with van der Waals surface area (Å²) in [7, 11) is 1.81. The molecular formula is C9H21N3S. The Labute approximate surface area is 85.8 Å². The molecule has 0 fully saturated rings. The van der Waals surface area contributed by atoms with Gasteiger partial charge in [-0.2, -0.15) is 11.8 Å². The Morgan fingerprint density at radius 1 is 1.31 bits per heavy atom. The Morgan fingerprint density at radius 3 is 2.54 bits per heavy atom. The second kappa shape index (κ2) is 9.71. The second-order valence-electron chi connectivity index (χ2n) is 2.77. The van der Waals surface area contributed by atoms with Crippen LogP contribution < -0.4 is 10.6 Å². The van der Waals surface area contributed by atoms with Gasteiger partial charge in [-0.05, 0) is 12.7 Å². The van der Waals surface area contributed by atoms with E-state index in [1.807, 2.05) is 11.8 Å². The molecule has 0 rings (SSSR count). The summed E-state index contributed by atoms with van der Waals surface area (Å²) in [6, 6.07) is 0. The Bertz CT molecular complexity index is 125. The van der Waals surface area contributed by atoms with Gasteiger partial charge in [-0.1, -0.05) is 13.3 Å². The van der Waals surface area contributed by atoms with Gasteiger partial charge in [0, 0.05) is 25.9 Å². The summed E-state index contributed by atoms with van der Waals surface area (Å²) >= 11 is 1.84. The van der Waals surface area contributed by atoms with E-state index in [0.717, 1.165) is 24.8 Å². The van der Waals surface area contributed by atoms with Crippen LogP contribution in [-0.4, -0.2) is 38.1 Å². The third-order valence-electron chi connectivity index (χ3n) is 1.65. The fourth-order valence-corrected chi connectivity index (χ4v) is 1.18. The molecule has 0 heterocycles. The van der Waals surface area contributed by atoms with E-state index in [1.165, 1.54) is 12.8 Å². The quantitative estimate of drug-likeness (QED) is 0.388. The van der Waals surface area contributed by atoms with E-state index in [0.29, 0.717) is 0 Å². The van der Waals surface area contributed by atoms with E-state index >= 15 is 0 Å². The fourth-order valence-electron chi connectivity index (χ4n) is 0.876. The second-order valence-corrected chi connectivity index (χ2v) is 3.76. The standard InChI is InChI=1S/C9H21N3S/c1-4-5-6-11-9(10-2)12-7-8-13-3/h4-8H2,1-3H3,(H2,10,11,12). The first kappa shape index (κ1) is 12.6. The third kappa shape index (κ3) is 7.96. The SMILES string of the molecule is CCCCNC(=NC)NCCSC. The van der Waals surface area contributed by atoms with E-state index in [2.05, 4.69) is 28.8 Å². The molecule has 0 aliphatic rings. The maximum Gasteiger partial charge on any atom is 0.191 e. The molecule has 2 N–H and O–H groups in total. The van der Waals surface area contributed by atoms with Crippen LogP contribution in [0, 0.1) is 0 Å². The zero-order valence-electron chi connectivity index (χ0n) is 8.89. The average molecular weight is 203 g/mol. The van der Waals surface area contributed by atoms with Crippen LogP contribution in [0.3, 0.4) is 0 Å². The van der Waals surface area contributed by atoms with Crippen molar-refractivity contribution in [2.75, 3.05) is 32.1 Å². The van der Waals surface area contributed by atoms with E-state index in [-0.39, 0.29) is 0 Å². The topological polar surface area (TPSA) is 36.4 Å². The first-order chi connectivity index (χ1) is 6.35. The van der Waals surface area contributed by atoms with Crippen LogP contribution in [0.1, 0.15) is 19.8 Å². The minimum absolute atomic E-state index is 0.919. The van der Waals surface area contributed by atoms with Crippen molar-refractivity contribution in [1.82, 2.24) is 10.6 Å². The summed E-state index contributed by atoms with van der Waals surface area (Å²) in [5.41, 5.74) is 0. The third-order valence-corrected chi connectivity index (χ3v) is 2.26. The minimum Gasteiger partial charge on any atom is -0.356 e. The fraction of sp³-hybridized carbons (Fsp3) is 0.889. The Morgan fingerprint density at radius 2 is 2.00 bits per heavy atom. The molecule has 0 unspecified atom stereocenters. The summed E-state index contributed by atoms with van der Waals surface area (Å²) in [6.07, 6.45) is 4.52. The highest BCUT2D eigenvalue weighted by Crippen LogP contribution is 1.87. The van der Waals surface area contributed by atoms with Crippen molar-refractivity contribution < 1.29 is 0 Å². The molecule has 0 saturated heterocycles. The smallest absolute Gasteiger partial charge is 0.191 e. The molecule has 0 aliphatic heterocycles. The van der Waals surface area contributed by atoms with Gasteiger partial charge in [0.25, 0.3) is 0 Å². The highest BCUT2D eigenvalue weighted by atomic mass is 32.2. The molecule has 0 bridgehead atoms. The highest BCUT2D eigenvalue weighted by molar-refractivity contribution is 7.98. The van der Waals surface area contributed by atoms with Crippen molar-refractivity contribution in [3.05, 3.63) is 0 Å². The zero-order chi connectivity index (χ0) is 9.94. The van der Waals surface area contributed by atoms with E-state index in [4.69, 9.17) is 0 Å². The molecule has 0 aromatic carbocycles. The van der Waals surface area contributed by atoms with Gasteiger partial charge in [0.1, 0.15) is 0 Å². The molecule has 0 saturated carbocycles. The van der Waals surface area contributed by atoms with Gasteiger partial charge in [-0.15, -0.1) is 0 Å². The van der Waals surface area contributed by atoms with Crippen molar-refractivity contribution in [1.29, 1.82) is 0 Å². The lowest BCUT2D eigenvalue weighted by Crippen LogP contribution is -2.38. The number of rotatable bonds is 6. The molecule has 0 aromatic rings. The maximum absolute atomic E-state index is 4.12. The van der Waals surface area contributed by atoms with Crippen molar-refractivity contribution >= 4 is 17.7 Å². The van der Waals surface area contributed by atoms with Gasteiger partial charge in [0.2, 0.25) is 0 Å². The number of hydrogen-bond acceptors (Lipinski definition) is 2. The van der Waals surface area contributed by atoms with Crippen LogP contribution in [0.5, 0.6) is 0 Å². The number of unbranched alkanes of at least 4 members (excludes halogenated alkanes) is 1. The molecule has 0 aliphatic carbocycles.